The maximum Gasteiger partial charge on any atom is 0.234 e. The van der Waals surface area contributed by atoms with Crippen molar-refractivity contribution in [1.82, 2.24) is 14.8 Å². The molecule has 1 aliphatic heterocycles. The number of rotatable bonds is 6. The fourth-order valence-corrected chi connectivity index (χ4v) is 4.42. The highest BCUT2D eigenvalue weighted by atomic mass is 32.2. The molecule has 1 aromatic heterocycles. The van der Waals surface area contributed by atoms with Crippen LogP contribution in [0.4, 0.5) is 5.69 Å². The summed E-state index contributed by atoms with van der Waals surface area (Å²) >= 11 is 1.34. The Labute approximate surface area is 195 Å². The smallest absolute Gasteiger partial charge is 0.234 e. The van der Waals surface area contributed by atoms with Crippen LogP contribution in [-0.4, -0.2) is 33.2 Å². The molecule has 2 heterocycles. The molecule has 0 bridgehead atoms. The monoisotopic (exact) mass is 458 g/mol. The van der Waals surface area contributed by atoms with Crippen molar-refractivity contribution in [3.05, 3.63) is 77.9 Å². The summed E-state index contributed by atoms with van der Waals surface area (Å²) < 4.78 is 12.9. The lowest BCUT2D eigenvalue weighted by atomic mass is 10.1. The standard InChI is InChI=1S/C25H22N4O3S/c1-16-8-10-20(17(2)12-16)26-23(30)14-33-25-28-27-24(29(25)19-6-4-3-5-7-19)18-9-11-21-22(13-18)32-15-31-21/h3-13H,14-15H2,1-2H3,(H,26,30). The first-order valence-corrected chi connectivity index (χ1v) is 11.5. The Morgan fingerprint density at radius 3 is 2.64 bits per heavy atom. The highest BCUT2D eigenvalue weighted by Gasteiger charge is 2.20. The Morgan fingerprint density at radius 2 is 1.82 bits per heavy atom. The molecule has 166 valence electrons. The average molecular weight is 459 g/mol. The van der Waals surface area contributed by atoms with Crippen LogP contribution in [0.25, 0.3) is 17.1 Å². The third-order valence-electron chi connectivity index (χ3n) is 5.27. The van der Waals surface area contributed by atoms with E-state index in [1.807, 2.05) is 85.1 Å². The van der Waals surface area contributed by atoms with Gasteiger partial charge >= 0.3 is 0 Å². The summed E-state index contributed by atoms with van der Waals surface area (Å²) in [7, 11) is 0. The van der Waals surface area contributed by atoms with Gasteiger partial charge in [0.2, 0.25) is 12.7 Å². The first kappa shape index (κ1) is 21.1. The molecule has 0 spiro atoms. The lowest BCUT2D eigenvalue weighted by Gasteiger charge is -2.11. The Hall–Kier alpha value is -3.78. The van der Waals surface area contributed by atoms with Crippen molar-refractivity contribution in [2.75, 3.05) is 17.9 Å². The van der Waals surface area contributed by atoms with E-state index in [0.29, 0.717) is 22.5 Å². The largest absolute Gasteiger partial charge is 0.454 e. The van der Waals surface area contributed by atoms with Crippen LogP contribution < -0.4 is 14.8 Å². The number of nitrogens with zero attached hydrogens (tertiary/aromatic N) is 3. The number of amides is 1. The van der Waals surface area contributed by atoms with E-state index in [-0.39, 0.29) is 18.5 Å². The number of carbonyl (C=O) groups excluding carboxylic acids is 1. The van der Waals surface area contributed by atoms with Gasteiger partial charge in [0.05, 0.1) is 5.75 Å². The molecule has 7 nitrogen and oxygen atoms in total. The zero-order valence-corrected chi connectivity index (χ0v) is 19.1. The number of aryl methyl sites for hydroxylation is 2. The topological polar surface area (TPSA) is 78.3 Å². The van der Waals surface area contributed by atoms with E-state index in [9.17, 15) is 4.79 Å². The minimum atomic E-state index is -0.0980. The highest BCUT2D eigenvalue weighted by molar-refractivity contribution is 7.99. The second kappa shape index (κ2) is 8.99. The summed E-state index contributed by atoms with van der Waals surface area (Å²) in [5.74, 6) is 2.16. The van der Waals surface area contributed by atoms with Crippen LogP contribution in [0.3, 0.4) is 0 Å². The molecule has 1 amide bonds. The quantitative estimate of drug-likeness (QED) is 0.409. The van der Waals surface area contributed by atoms with Gasteiger partial charge in [0.25, 0.3) is 0 Å². The Balaban J connectivity index is 1.41. The molecule has 5 rings (SSSR count). The number of ether oxygens (including phenoxy) is 2. The van der Waals surface area contributed by atoms with E-state index in [0.717, 1.165) is 28.1 Å². The molecule has 0 saturated carbocycles. The fourth-order valence-electron chi connectivity index (χ4n) is 3.67. The molecule has 3 aromatic carbocycles. The number of aromatic nitrogens is 3. The van der Waals surface area contributed by atoms with Gasteiger partial charge in [-0.25, -0.2) is 0 Å². The Bertz CT molecular complexity index is 1320. The molecule has 33 heavy (non-hydrogen) atoms. The van der Waals surface area contributed by atoms with Gasteiger partial charge in [0.15, 0.2) is 22.5 Å². The highest BCUT2D eigenvalue weighted by Crippen LogP contribution is 2.37. The second-order valence-electron chi connectivity index (χ2n) is 7.70. The van der Waals surface area contributed by atoms with Gasteiger partial charge in [-0.2, -0.15) is 0 Å². The van der Waals surface area contributed by atoms with Crippen LogP contribution in [0.15, 0.2) is 71.9 Å². The van der Waals surface area contributed by atoms with Gasteiger partial charge in [-0.15, -0.1) is 10.2 Å². The van der Waals surface area contributed by atoms with E-state index in [1.54, 1.807) is 0 Å². The predicted molar refractivity (Wildman–Crippen MR) is 128 cm³/mol. The summed E-state index contributed by atoms with van der Waals surface area (Å²) in [6.07, 6.45) is 0. The molecule has 1 aliphatic rings. The van der Waals surface area contributed by atoms with Gasteiger partial charge in [0, 0.05) is 16.9 Å². The molecule has 0 atom stereocenters. The number of carbonyl (C=O) groups is 1. The molecular weight excluding hydrogens is 436 g/mol. The normalized spacial score (nSPS) is 12.1. The summed E-state index contributed by atoms with van der Waals surface area (Å²) in [5, 5.41) is 12.4. The average Bonchev–Trinajstić information content (AvgIpc) is 3.46. The van der Waals surface area contributed by atoms with Gasteiger partial charge < -0.3 is 14.8 Å². The lowest BCUT2D eigenvalue weighted by Crippen LogP contribution is -2.15. The minimum absolute atomic E-state index is 0.0980. The fraction of sp³-hybridized carbons (Fsp3) is 0.160. The number of thioether (sulfide) groups is 1. The van der Waals surface area contributed by atoms with E-state index in [1.165, 1.54) is 11.8 Å². The van der Waals surface area contributed by atoms with Gasteiger partial charge in [-0.3, -0.25) is 9.36 Å². The SMILES string of the molecule is Cc1ccc(NC(=O)CSc2nnc(-c3ccc4c(c3)OCO4)n2-c2ccccc2)c(C)c1. The lowest BCUT2D eigenvalue weighted by molar-refractivity contribution is -0.113. The van der Waals surface area contributed by atoms with E-state index in [4.69, 9.17) is 9.47 Å². The molecule has 0 fully saturated rings. The number of para-hydroxylation sites is 1. The first-order valence-electron chi connectivity index (χ1n) is 10.5. The van der Waals surface area contributed by atoms with Gasteiger partial charge in [0.1, 0.15) is 0 Å². The first-order chi connectivity index (χ1) is 16.1. The molecule has 4 aromatic rings. The maximum absolute atomic E-state index is 12.7. The zero-order chi connectivity index (χ0) is 22.8. The number of hydrogen-bond donors (Lipinski definition) is 1. The van der Waals surface area contributed by atoms with Crippen molar-refractivity contribution in [1.29, 1.82) is 0 Å². The van der Waals surface area contributed by atoms with Crippen molar-refractivity contribution in [3.8, 4) is 28.6 Å². The number of fused-ring (bicyclic) bond motifs is 1. The number of hydrogen-bond acceptors (Lipinski definition) is 6. The van der Waals surface area contributed by atoms with Crippen molar-refractivity contribution >= 4 is 23.4 Å². The molecular formula is C25H22N4O3S. The van der Waals surface area contributed by atoms with E-state index < -0.39 is 0 Å². The molecule has 8 heteroatoms. The van der Waals surface area contributed by atoms with Crippen LogP contribution in [0, 0.1) is 13.8 Å². The number of anilines is 1. The summed E-state index contributed by atoms with van der Waals surface area (Å²) in [6, 6.07) is 21.5. The summed E-state index contributed by atoms with van der Waals surface area (Å²) in [4.78, 5) is 12.7. The third-order valence-corrected chi connectivity index (χ3v) is 6.20. The molecule has 0 aliphatic carbocycles. The van der Waals surface area contributed by atoms with Crippen molar-refractivity contribution in [2.24, 2.45) is 0 Å². The third kappa shape index (κ3) is 4.42. The van der Waals surface area contributed by atoms with Crippen LogP contribution >= 0.6 is 11.8 Å². The molecule has 0 unspecified atom stereocenters. The van der Waals surface area contributed by atoms with Gasteiger partial charge in [-0.05, 0) is 55.8 Å². The maximum atomic E-state index is 12.7. The summed E-state index contributed by atoms with van der Waals surface area (Å²) in [6.45, 7) is 4.23. The van der Waals surface area contributed by atoms with Crippen LogP contribution in [0.2, 0.25) is 0 Å². The van der Waals surface area contributed by atoms with Gasteiger partial charge in [-0.1, -0.05) is 47.7 Å². The summed E-state index contributed by atoms with van der Waals surface area (Å²) in [5.41, 5.74) is 4.77. The van der Waals surface area contributed by atoms with Crippen LogP contribution in [0.5, 0.6) is 11.5 Å². The Kier molecular flexibility index (Phi) is 5.75. The number of benzene rings is 3. The Morgan fingerprint density at radius 1 is 1.00 bits per heavy atom. The van der Waals surface area contributed by atoms with Crippen molar-refractivity contribution in [2.45, 2.75) is 19.0 Å². The predicted octanol–water partition coefficient (Wildman–Crippen LogP) is 5.01. The van der Waals surface area contributed by atoms with Crippen LogP contribution in [0.1, 0.15) is 11.1 Å². The molecule has 0 saturated heterocycles. The minimum Gasteiger partial charge on any atom is -0.454 e. The van der Waals surface area contributed by atoms with Crippen molar-refractivity contribution in [3.63, 3.8) is 0 Å². The molecule has 1 N–H and O–H groups in total. The van der Waals surface area contributed by atoms with Crippen molar-refractivity contribution < 1.29 is 14.3 Å². The zero-order valence-electron chi connectivity index (χ0n) is 18.2. The second-order valence-corrected chi connectivity index (χ2v) is 8.64. The van der Waals surface area contributed by atoms with Crippen LogP contribution in [-0.2, 0) is 4.79 Å². The molecule has 0 radical (unpaired) electrons. The van der Waals surface area contributed by atoms with E-state index in [2.05, 4.69) is 15.5 Å². The number of nitrogens with one attached hydrogen (secondary N) is 1. The van der Waals surface area contributed by atoms with E-state index >= 15 is 0 Å².